The van der Waals surface area contributed by atoms with Crippen LogP contribution in [0.1, 0.15) is 35.1 Å². The molecule has 1 amide bonds. The average Bonchev–Trinajstić information content (AvgIpc) is 3.54. The third kappa shape index (κ3) is 5.44. The summed E-state index contributed by atoms with van der Waals surface area (Å²) >= 11 is 4.96. The van der Waals surface area contributed by atoms with E-state index in [1.54, 1.807) is 18.4 Å². The summed E-state index contributed by atoms with van der Waals surface area (Å²) in [5, 5.41) is 11.7. The first-order valence-electron chi connectivity index (χ1n) is 11.0. The van der Waals surface area contributed by atoms with E-state index in [0.717, 1.165) is 16.9 Å². The molecule has 6 nitrogen and oxygen atoms in total. The predicted molar refractivity (Wildman–Crippen MR) is 132 cm³/mol. The predicted octanol–water partition coefficient (Wildman–Crippen LogP) is 4.89. The summed E-state index contributed by atoms with van der Waals surface area (Å²) in [5.74, 6) is 2.11. The number of carbonyl (C=O) groups is 1. The minimum atomic E-state index is 0.0854. The summed E-state index contributed by atoms with van der Waals surface area (Å²) in [6, 6.07) is 6.38. The molecule has 0 saturated carbocycles. The number of nitrogens with zero attached hydrogens (tertiary/aromatic N) is 4. The average molecular weight is 491 g/mol. The Morgan fingerprint density at radius 2 is 2.28 bits per heavy atom. The molecule has 0 spiro atoms. The molecule has 3 aromatic heterocycles. The Labute approximate surface area is 202 Å². The van der Waals surface area contributed by atoms with Gasteiger partial charge in [0.05, 0.1) is 23.8 Å². The Bertz CT molecular complexity index is 1030. The van der Waals surface area contributed by atoms with E-state index in [-0.39, 0.29) is 5.91 Å². The largest absolute Gasteiger partial charge is 0.383 e. The van der Waals surface area contributed by atoms with E-state index in [0.29, 0.717) is 25.4 Å². The van der Waals surface area contributed by atoms with Crippen LogP contribution in [0.25, 0.3) is 10.7 Å². The fraction of sp³-hybridized carbons (Fsp3) is 0.522. The van der Waals surface area contributed by atoms with Gasteiger partial charge in [-0.25, -0.2) is 0 Å². The second kappa shape index (κ2) is 11.0. The summed E-state index contributed by atoms with van der Waals surface area (Å²) < 4.78 is 7.22. The summed E-state index contributed by atoms with van der Waals surface area (Å²) in [6.45, 7) is 4.01. The van der Waals surface area contributed by atoms with E-state index in [1.807, 2.05) is 39.3 Å². The van der Waals surface area contributed by atoms with Gasteiger partial charge in [-0.15, -0.1) is 32.9 Å². The van der Waals surface area contributed by atoms with E-state index >= 15 is 0 Å². The number of aromatic nitrogens is 3. The Kier molecular flexibility index (Phi) is 8.04. The van der Waals surface area contributed by atoms with Gasteiger partial charge < -0.3 is 14.2 Å². The number of aryl methyl sites for hydroxylation is 1. The fourth-order valence-corrected chi connectivity index (χ4v) is 6.78. The zero-order valence-corrected chi connectivity index (χ0v) is 21.3. The van der Waals surface area contributed by atoms with Gasteiger partial charge in [0.2, 0.25) is 5.91 Å². The molecular weight excluding hydrogens is 460 g/mol. The van der Waals surface area contributed by atoms with Crippen LogP contribution in [-0.4, -0.2) is 51.6 Å². The standard InChI is InChI=1S/C23H30N4O2S3/c1-4-16-7-8-19-17(12-16)13-20(32-19)22-24-25-23(26(22)2)31-15-21(28)27(9-10-29-3)14-18-6-5-11-30-18/h5-6,11,13,16H,4,7-10,12,14-15H2,1-3H3. The lowest BCUT2D eigenvalue weighted by atomic mass is 9.87. The van der Waals surface area contributed by atoms with E-state index in [9.17, 15) is 4.79 Å². The van der Waals surface area contributed by atoms with Crippen LogP contribution in [0.3, 0.4) is 0 Å². The first-order valence-corrected chi connectivity index (χ1v) is 13.7. The van der Waals surface area contributed by atoms with Crippen LogP contribution < -0.4 is 0 Å². The number of carbonyl (C=O) groups excluding carboxylic acids is 1. The molecule has 3 aromatic rings. The molecule has 0 saturated heterocycles. The Balaban J connectivity index is 1.41. The van der Waals surface area contributed by atoms with Gasteiger partial charge >= 0.3 is 0 Å². The van der Waals surface area contributed by atoms with E-state index < -0.39 is 0 Å². The molecule has 9 heteroatoms. The van der Waals surface area contributed by atoms with Crippen LogP contribution in [0.4, 0.5) is 0 Å². The number of hydrogen-bond acceptors (Lipinski definition) is 7. The second-order valence-electron chi connectivity index (χ2n) is 8.12. The molecule has 4 rings (SSSR count). The summed E-state index contributed by atoms with van der Waals surface area (Å²) in [5.41, 5.74) is 1.48. The van der Waals surface area contributed by atoms with Crippen molar-refractivity contribution in [2.45, 2.75) is 44.3 Å². The maximum Gasteiger partial charge on any atom is 0.233 e. The lowest BCUT2D eigenvalue weighted by molar-refractivity contribution is -0.129. The molecule has 0 N–H and O–H groups in total. The van der Waals surface area contributed by atoms with Crippen molar-refractivity contribution in [3.05, 3.63) is 38.9 Å². The molecule has 1 aliphatic rings. The van der Waals surface area contributed by atoms with Gasteiger partial charge in [0.25, 0.3) is 0 Å². The quantitative estimate of drug-likeness (QED) is 0.379. The number of methoxy groups -OCH3 is 1. The number of amides is 1. The van der Waals surface area contributed by atoms with Crippen molar-refractivity contribution in [3.8, 4) is 10.7 Å². The molecule has 0 radical (unpaired) electrons. The monoisotopic (exact) mass is 490 g/mol. The SMILES string of the molecule is CCC1CCc2sc(-c3nnc(SCC(=O)N(CCOC)Cc4cccs4)n3C)cc2C1. The molecule has 172 valence electrons. The van der Waals surface area contributed by atoms with Gasteiger partial charge in [-0.2, -0.15) is 0 Å². The molecule has 0 aliphatic heterocycles. The number of hydrogen-bond donors (Lipinski definition) is 0. The maximum absolute atomic E-state index is 12.9. The van der Waals surface area contributed by atoms with Gasteiger partial charge in [-0.3, -0.25) is 4.79 Å². The van der Waals surface area contributed by atoms with Gasteiger partial charge in [0.15, 0.2) is 11.0 Å². The van der Waals surface area contributed by atoms with Crippen molar-refractivity contribution in [2.75, 3.05) is 26.0 Å². The summed E-state index contributed by atoms with van der Waals surface area (Å²) in [6.07, 6.45) is 4.89. The number of thioether (sulfide) groups is 1. The molecule has 1 atom stereocenters. The number of rotatable bonds is 10. The highest BCUT2D eigenvalue weighted by Crippen LogP contribution is 2.38. The third-order valence-corrected chi connectivity index (χ3v) is 9.09. The van der Waals surface area contributed by atoms with Crippen molar-refractivity contribution in [2.24, 2.45) is 13.0 Å². The topological polar surface area (TPSA) is 60.3 Å². The number of ether oxygens (including phenoxy) is 1. The van der Waals surface area contributed by atoms with Crippen molar-refractivity contribution in [1.82, 2.24) is 19.7 Å². The van der Waals surface area contributed by atoms with Crippen LogP contribution in [0.15, 0.2) is 28.7 Å². The van der Waals surface area contributed by atoms with Crippen molar-refractivity contribution in [3.63, 3.8) is 0 Å². The zero-order chi connectivity index (χ0) is 22.5. The van der Waals surface area contributed by atoms with Crippen LogP contribution >= 0.6 is 34.4 Å². The highest BCUT2D eigenvalue weighted by Gasteiger charge is 2.23. The molecule has 1 aliphatic carbocycles. The molecule has 0 fully saturated rings. The number of thiophene rings is 2. The Morgan fingerprint density at radius 3 is 3.03 bits per heavy atom. The molecule has 32 heavy (non-hydrogen) atoms. The fourth-order valence-electron chi connectivity index (χ4n) is 4.01. The summed E-state index contributed by atoms with van der Waals surface area (Å²) in [7, 11) is 3.65. The molecule has 1 unspecified atom stereocenters. The molecule has 3 heterocycles. The highest BCUT2D eigenvalue weighted by atomic mass is 32.2. The van der Waals surface area contributed by atoms with Crippen LogP contribution in [-0.2, 0) is 36.0 Å². The number of fused-ring (bicyclic) bond motifs is 1. The first-order chi connectivity index (χ1) is 15.6. The Hall–Kier alpha value is -1.68. The second-order valence-corrected chi connectivity index (χ2v) is 11.2. The van der Waals surface area contributed by atoms with Gasteiger partial charge in [-0.05, 0) is 48.3 Å². The molecular formula is C23H30N4O2S3. The lowest BCUT2D eigenvalue weighted by Gasteiger charge is -2.21. The highest BCUT2D eigenvalue weighted by molar-refractivity contribution is 7.99. The van der Waals surface area contributed by atoms with Gasteiger partial charge in [0.1, 0.15) is 0 Å². The Morgan fingerprint density at radius 1 is 1.41 bits per heavy atom. The minimum Gasteiger partial charge on any atom is -0.383 e. The zero-order valence-electron chi connectivity index (χ0n) is 18.9. The van der Waals surface area contributed by atoms with Gasteiger partial charge in [-0.1, -0.05) is 31.2 Å². The van der Waals surface area contributed by atoms with E-state index in [1.165, 1.54) is 57.6 Å². The van der Waals surface area contributed by atoms with E-state index in [4.69, 9.17) is 4.74 Å². The first kappa shape index (κ1) is 23.5. The van der Waals surface area contributed by atoms with Crippen LogP contribution in [0, 0.1) is 5.92 Å². The van der Waals surface area contributed by atoms with Crippen molar-refractivity contribution in [1.29, 1.82) is 0 Å². The van der Waals surface area contributed by atoms with Crippen molar-refractivity contribution < 1.29 is 9.53 Å². The molecule has 0 bridgehead atoms. The van der Waals surface area contributed by atoms with Gasteiger partial charge in [0, 0.05) is 30.5 Å². The maximum atomic E-state index is 12.9. The third-order valence-electron chi connectivity index (χ3n) is 5.99. The molecule has 0 aromatic carbocycles. The van der Waals surface area contributed by atoms with Crippen LogP contribution in [0.5, 0.6) is 0 Å². The normalized spacial score (nSPS) is 15.7. The minimum absolute atomic E-state index is 0.0854. The van der Waals surface area contributed by atoms with E-state index in [2.05, 4.69) is 29.3 Å². The van der Waals surface area contributed by atoms with Crippen molar-refractivity contribution >= 4 is 40.3 Å². The summed E-state index contributed by atoms with van der Waals surface area (Å²) in [4.78, 5) is 18.6. The smallest absolute Gasteiger partial charge is 0.233 e. The lowest BCUT2D eigenvalue weighted by Crippen LogP contribution is -2.34. The van der Waals surface area contributed by atoms with Crippen LogP contribution in [0.2, 0.25) is 0 Å².